The van der Waals surface area contributed by atoms with E-state index >= 15 is 0 Å². The molecular formula is C24H22N4O2. The summed E-state index contributed by atoms with van der Waals surface area (Å²) in [5.41, 5.74) is 4.28. The van der Waals surface area contributed by atoms with Gasteiger partial charge in [-0.2, -0.15) is 5.10 Å². The Hall–Kier alpha value is -3.80. The normalized spacial score (nSPS) is 13.2. The van der Waals surface area contributed by atoms with Gasteiger partial charge in [-0.3, -0.25) is 4.79 Å². The molecule has 2 heterocycles. The number of carbonyl (C=O) groups is 1. The van der Waals surface area contributed by atoms with Crippen molar-refractivity contribution in [1.29, 1.82) is 0 Å². The van der Waals surface area contributed by atoms with Gasteiger partial charge < -0.3 is 15.4 Å². The number of hydrogen-bond acceptors (Lipinski definition) is 4. The number of nitrogens with one attached hydrogen (secondary N) is 2. The second kappa shape index (κ2) is 7.55. The molecule has 2 aromatic carbocycles. The molecule has 0 radical (unpaired) electrons. The number of aryl methyl sites for hydroxylation is 1. The Bertz CT molecular complexity index is 1200. The number of anilines is 2. The van der Waals surface area contributed by atoms with Gasteiger partial charge in [0.25, 0.3) is 5.91 Å². The first-order valence-corrected chi connectivity index (χ1v) is 10.1. The summed E-state index contributed by atoms with van der Waals surface area (Å²) in [5.74, 6) is 1.54. The number of para-hydroxylation sites is 1. The Balaban J connectivity index is 1.38. The highest BCUT2D eigenvalue weighted by Gasteiger charge is 2.26. The van der Waals surface area contributed by atoms with Gasteiger partial charge in [0.2, 0.25) is 0 Å². The van der Waals surface area contributed by atoms with Crippen molar-refractivity contribution < 1.29 is 9.53 Å². The summed E-state index contributed by atoms with van der Waals surface area (Å²) >= 11 is 0. The average molecular weight is 398 g/mol. The van der Waals surface area contributed by atoms with E-state index < -0.39 is 0 Å². The zero-order chi connectivity index (χ0) is 20.5. The maximum Gasteiger partial charge on any atom is 0.253 e. The van der Waals surface area contributed by atoms with Crippen molar-refractivity contribution in [2.24, 2.45) is 0 Å². The van der Waals surface area contributed by atoms with Crippen LogP contribution in [0.5, 0.6) is 11.5 Å². The largest absolute Gasteiger partial charge is 0.457 e. The summed E-state index contributed by atoms with van der Waals surface area (Å²) in [6.45, 7) is 1.96. The standard InChI is InChI=1S/C24H22N4O2/c1-16-21(24(29)27-18-7-8-18)15-28-23(16)22(13-14-25-28)26-17-9-11-20(12-10-17)30-19-5-3-2-4-6-19/h2-6,9-15,18,26H,7-8H2,1H3,(H,27,29). The fourth-order valence-corrected chi connectivity index (χ4v) is 3.47. The van der Waals surface area contributed by atoms with E-state index in [0.29, 0.717) is 11.6 Å². The summed E-state index contributed by atoms with van der Waals surface area (Å²) in [6, 6.07) is 19.7. The second-order valence-electron chi connectivity index (χ2n) is 7.52. The predicted octanol–water partition coefficient (Wildman–Crippen LogP) is 5.07. The fraction of sp³-hybridized carbons (Fsp3) is 0.167. The Morgan fingerprint density at radius 3 is 2.50 bits per heavy atom. The lowest BCUT2D eigenvalue weighted by Crippen LogP contribution is -2.25. The number of benzene rings is 2. The molecule has 150 valence electrons. The lowest BCUT2D eigenvalue weighted by molar-refractivity contribution is 0.0950. The third-order valence-corrected chi connectivity index (χ3v) is 5.20. The van der Waals surface area contributed by atoms with Crippen molar-refractivity contribution in [2.75, 3.05) is 5.32 Å². The lowest BCUT2D eigenvalue weighted by Gasteiger charge is -2.10. The van der Waals surface area contributed by atoms with Crippen LogP contribution in [0.25, 0.3) is 5.52 Å². The first-order chi connectivity index (χ1) is 14.7. The number of amides is 1. The average Bonchev–Trinajstić information content (AvgIpc) is 3.51. The molecule has 5 rings (SSSR count). The first-order valence-electron chi connectivity index (χ1n) is 10.1. The molecule has 4 aromatic rings. The number of hydrogen-bond donors (Lipinski definition) is 2. The Labute approximate surface area is 174 Å². The molecule has 0 saturated heterocycles. The summed E-state index contributed by atoms with van der Waals surface area (Å²) in [4.78, 5) is 12.6. The topological polar surface area (TPSA) is 67.7 Å². The van der Waals surface area contributed by atoms with Crippen molar-refractivity contribution >= 4 is 22.8 Å². The summed E-state index contributed by atoms with van der Waals surface area (Å²) in [6.07, 6.45) is 5.65. The van der Waals surface area contributed by atoms with Gasteiger partial charge in [-0.25, -0.2) is 4.52 Å². The zero-order valence-corrected chi connectivity index (χ0v) is 16.6. The van der Waals surface area contributed by atoms with Crippen molar-refractivity contribution in [3.63, 3.8) is 0 Å². The minimum Gasteiger partial charge on any atom is -0.457 e. The molecule has 30 heavy (non-hydrogen) atoms. The summed E-state index contributed by atoms with van der Waals surface area (Å²) in [7, 11) is 0. The van der Waals surface area contributed by atoms with Crippen molar-refractivity contribution in [1.82, 2.24) is 14.9 Å². The third kappa shape index (κ3) is 3.72. The molecule has 1 fully saturated rings. The van der Waals surface area contributed by atoms with Gasteiger partial charge in [0.15, 0.2) is 0 Å². The minimum absolute atomic E-state index is 0.0335. The minimum atomic E-state index is -0.0335. The molecule has 1 aliphatic carbocycles. The van der Waals surface area contributed by atoms with Gasteiger partial charge in [-0.15, -0.1) is 0 Å². The van der Waals surface area contributed by atoms with Crippen LogP contribution in [-0.4, -0.2) is 21.6 Å². The van der Waals surface area contributed by atoms with Crippen LogP contribution in [-0.2, 0) is 0 Å². The third-order valence-electron chi connectivity index (χ3n) is 5.20. The van der Waals surface area contributed by atoms with Crippen LogP contribution in [0.3, 0.4) is 0 Å². The van der Waals surface area contributed by atoms with E-state index in [0.717, 1.165) is 46.8 Å². The number of ether oxygens (including phenoxy) is 1. The molecule has 0 spiro atoms. The molecule has 2 N–H and O–H groups in total. The molecule has 1 saturated carbocycles. The predicted molar refractivity (Wildman–Crippen MR) is 117 cm³/mol. The molecule has 6 nitrogen and oxygen atoms in total. The van der Waals surface area contributed by atoms with Crippen LogP contribution in [0.15, 0.2) is 73.1 Å². The van der Waals surface area contributed by atoms with Gasteiger partial charge in [0.1, 0.15) is 11.5 Å². The van der Waals surface area contributed by atoms with Crippen LogP contribution >= 0.6 is 0 Å². The maximum atomic E-state index is 12.6. The number of rotatable bonds is 6. The quantitative estimate of drug-likeness (QED) is 0.476. The van der Waals surface area contributed by atoms with E-state index in [1.165, 1.54) is 0 Å². The Kier molecular flexibility index (Phi) is 4.59. The number of carbonyl (C=O) groups excluding carboxylic acids is 1. The monoisotopic (exact) mass is 398 g/mol. The van der Waals surface area contributed by atoms with Crippen molar-refractivity contribution in [3.05, 3.63) is 84.2 Å². The van der Waals surface area contributed by atoms with Gasteiger partial charge in [0.05, 0.1) is 16.8 Å². The molecule has 6 heteroatoms. The van der Waals surface area contributed by atoms with E-state index in [-0.39, 0.29) is 5.91 Å². The van der Waals surface area contributed by atoms with Crippen LogP contribution in [0, 0.1) is 6.92 Å². The molecule has 1 amide bonds. The molecule has 0 unspecified atom stereocenters. The highest BCUT2D eigenvalue weighted by molar-refractivity contribution is 5.99. The molecule has 0 atom stereocenters. The van der Waals surface area contributed by atoms with Crippen molar-refractivity contribution in [3.8, 4) is 11.5 Å². The molecule has 1 aliphatic rings. The van der Waals surface area contributed by atoms with Crippen LogP contribution in [0.2, 0.25) is 0 Å². The van der Waals surface area contributed by atoms with E-state index in [9.17, 15) is 4.79 Å². The highest BCUT2D eigenvalue weighted by atomic mass is 16.5. The molecular weight excluding hydrogens is 376 g/mol. The van der Waals surface area contributed by atoms with Crippen LogP contribution in [0.4, 0.5) is 11.4 Å². The van der Waals surface area contributed by atoms with E-state index in [1.54, 1.807) is 16.9 Å². The van der Waals surface area contributed by atoms with Gasteiger partial charge in [-0.05, 0) is 67.8 Å². The van der Waals surface area contributed by atoms with Crippen LogP contribution < -0.4 is 15.4 Å². The van der Waals surface area contributed by atoms with E-state index in [2.05, 4.69) is 15.7 Å². The summed E-state index contributed by atoms with van der Waals surface area (Å²) in [5, 5.41) is 10.9. The number of aromatic nitrogens is 2. The number of fused-ring (bicyclic) bond motifs is 1. The van der Waals surface area contributed by atoms with Gasteiger partial charge >= 0.3 is 0 Å². The second-order valence-corrected chi connectivity index (χ2v) is 7.52. The van der Waals surface area contributed by atoms with Crippen molar-refractivity contribution in [2.45, 2.75) is 25.8 Å². The van der Waals surface area contributed by atoms with Crippen LogP contribution in [0.1, 0.15) is 28.8 Å². The fourth-order valence-electron chi connectivity index (χ4n) is 3.47. The van der Waals surface area contributed by atoms with E-state index in [1.807, 2.05) is 67.6 Å². The van der Waals surface area contributed by atoms with E-state index in [4.69, 9.17) is 4.74 Å². The molecule has 2 aromatic heterocycles. The molecule has 0 bridgehead atoms. The maximum absolute atomic E-state index is 12.6. The number of nitrogens with zero attached hydrogens (tertiary/aromatic N) is 2. The Morgan fingerprint density at radius 2 is 1.77 bits per heavy atom. The lowest BCUT2D eigenvalue weighted by atomic mass is 10.1. The highest BCUT2D eigenvalue weighted by Crippen LogP contribution is 2.29. The summed E-state index contributed by atoms with van der Waals surface area (Å²) < 4.78 is 7.61. The molecule has 0 aliphatic heterocycles. The zero-order valence-electron chi connectivity index (χ0n) is 16.6. The Morgan fingerprint density at radius 1 is 1.03 bits per heavy atom. The smallest absolute Gasteiger partial charge is 0.253 e. The SMILES string of the molecule is Cc1c(C(=O)NC2CC2)cn2nccc(Nc3ccc(Oc4ccccc4)cc3)c12. The first kappa shape index (κ1) is 18.2. The van der Waals surface area contributed by atoms with Gasteiger partial charge in [0, 0.05) is 24.1 Å². The van der Waals surface area contributed by atoms with Gasteiger partial charge in [-0.1, -0.05) is 18.2 Å².